The highest BCUT2D eigenvalue weighted by Crippen LogP contribution is 2.34. The van der Waals surface area contributed by atoms with Gasteiger partial charge in [0.2, 0.25) is 20.0 Å². The zero-order valence-corrected chi connectivity index (χ0v) is 18.0. The van der Waals surface area contributed by atoms with Gasteiger partial charge in [0.1, 0.15) is 0 Å². The first kappa shape index (κ1) is 21.1. The highest BCUT2D eigenvalue weighted by Gasteiger charge is 2.33. The van der Waals surface area contributed by atoms with E-state index in [0.717, 1.165) is 18.4 Å². The second kappa shape index (κ2) is 7.64. The molecule has 8 nitrogen and oxygen atoms in total. The lowest BCUT2D eigenvalue weighted by atomic mass is 9.98. The molecule has 0 aliphatic carbocycles. The number of carbonyl (C=O) groups excluding carboxylic acids is 1. The van der Waals surface area contributed by atoms with Gasteiger partial charge in [0.15, 0.2) is 0 Å². The first-order valence-electron chi connectivity index (χ1n) is 9.32. The Bertz CT molecular complexity index is 967. The van der Waals surface area contributed by atoms with Crippen LogP contribution in [0.3, 0.4) is 0 Å². The third kappa shape index (κ3) is 4.49. The molecule has 1 N–H and O–H groups in total. The molecule has 0 spiro atoms. The van der Waals surface area contributed by atoms with E-state index in [2.05, 4.69) is 5.32 Å². The lowest BCUT2D eigenvalue weighted by Crippen LogP contribution is -2.41. The summed E-state index contributed by atoms with van der Waals surface area (Å²) in [6.07, 6.45) is 4.42. The topological polar surface area (TPSA) is 104 Å². The number of nitrogens with zero attached hydrogens (tertiary/aromatic N) is 2. The van der Waals surface area contributed by atoms with Crippen molar-refractivity contribution in [3.05, 3.63) is 29.3 Å². The summed E-state index contributed by atoms with van der Waals surface area (Å²) in [5.41, 5.74) is 2.00. The molecule has 1 atom stereocenters. The molecule has 2 aliphatic heterocycles. The average molecular weight is 430 g/mol. The van der Waals surface area contributed by atoms with Crippen molar-refractivity contribution < 1.29 is 21.6 Å². The van der Waals surface area contributed by atoms with Gasteiger partial charge in [-0.25, -0.2) is 21.1 Å². The molecule has 0 saturated carbocycles. The predicted molar refractivity (Wildman–Crippen MR) is 108 cm³/mol. The van der Waals surface area contributed by atoms with Crippen molar-refractivity contribution in [1.29, 1.82) is 0 Å². The molecule has 0 bridgehead atoms. The minimum absolute atomic E-state index is 0.164. The second-order valence-electron chi connectivity index (χ2n) is 7.77. The van der Waals surface area contributed by atoms with E-state index in [1.165, 1.54) is 21.1 Å². The summed E-state index contributed by atoms with van der Waals surface area (Å²) in [7, 11) is -6.50. The molecule has 1 fully saturated rings. The molecule has 28 heavy (non-hydrogen) atoms. The van der Waals surface area contributed by atoms with Crippen molar-refractivity contribution in [2.75, 3.05) is 36.5 Å². The van der Waals surface area contributed by atoms with Crippen LogP contribution >= 0.6 is 0 Å². The Morgan fingerprint density at radius 3 is 2.32 bits per heavy atom. The number of anilines is 1. The third-order valence-corrected chi connectivity index (χ3v) is 8.02. The monoisotopic (exact) mass is 429 g/mol. The van der Waals surface area contributed by atoms with Crippen LogP contribution in [0.15, 0.2) is 18.2 Å². The largest absolute Gasteiger partial charge is 0.352 e. The molecular weight excluding hydrogens is 402 g/mol. The smallest absolute Gasteiger partial charge is 0.251 e. The van der Waals surface area contributed by atoms with Crippen molar-refractivity contribution in [2.45, 2.75) is 32.2 Å². The van der Waals surface area contributed by atoms with Crippen molar-refractivity contribution in [3.8, 4) is 0 Å². The van der Waals surface area contributed by atoms with Crippen molar-refractivity contribution >= 4 is 31.6 Å². The number of carbonyl (C=O) groups is 1. The molecule has 1 saturated heterocycles. The Morgan fingerprint density at radius 2 is 1.75 bits per heavy atom. The van der Waals surface area contributed by atoms with E-state index in [1.807, 2.05) is 6.92 Å². The Balaban J connectivity index is 1.60. The third-order valence-electron chi connectivity index (χ3n) is 5.45. The molecule has 2 heterocycles. The van der Waals surface area contributed by atoms with Gasteiger partial charge in [-0.2, -0.15) is 0 Å². The summed E-state index contributed by atoms with van der Waals surface area (Å²) in [6, 6.07) is 4.94. The Kier molecular flexibility index (Phi) is 5.75. The number of hydrogen-bond donors (Lipinski definition) is 1. The lowest BCUT2D eigenvalue weighted by molar-refractivity contribution is 0.0941. The molecule has 3 rings (SSSR count). The van der Waals surface area contributed by atoms with E-state index in [9.17, 15) is 21.6 Å². The average Bonchev–Trinajstić information content (AvgIpc) is 2.94. The van der Waals surface area contributed by atoms with Gasteiger partial charge < -0.3 is 5.32 Å². The number of piperidine rings is 1. The van der Waals surface area contributed by atoms with Gasteiger partial charge in [0.25, 0.3) is 5.91 Å². The highest BCUT2D eigenvalue weighted by atomic mass is 32.2. The van der Waals surface area contributed by atoms with E-state index >= 15 is 0 Å². The van der Waals surface area contributed by atoms with Crippen molar-refractivity contribution in [1.82, 2.24) is 9.62 Å². The zero-order valence-electron chi connectivity index (χ0n) is 16.4. The maximum absolute atomic E-state index is 12.5. The number of rotatable bonds is 5. The van der Waals surface area contributed by atoms with Crippen LogP contribution in [0, 0.1) is 5.92 Å². The molecule has 10 heteroatoms. The molecule has 156 valence electrons. The van der Waals surface area contributed by atoms with Crippen LogP contribution in [0.1, 0.15) is 35.7 Å². The fourth-order valence-electron chi connectivity index (χ4n) is 4.03. The molecule has 0 unspecified atom stereocenters. The van der Waals surface area contributed by atoms with Crippen LogP contribution < -0.4 is 9.62 Å². The summed E-state index contributed by atoms with van der Waals surface area (Å²) < 4.78 is 50.0. The summed E-state index contributed by atoms with van der Waals surface area (Å²) in [4.78, 5) is 12.5. The van der Waals surface area contributed by atoms with Crippen molar-refractivity contribution in [3.63, 3.8) is 0 Å². The van der Waals surface area contributed by atoms with Gasteiger partial charge in [0.05, 0.1) is 18.2 Å². The van der Waals surface area contributed by atoms with E-state index in [4.69, 9.17) is 0 Å². The highest BCUT2D eigenvalue weighted by molar-refractivity contribution is 7.92. The molecule has 1 amide bonds. The number of sulfonamides is 2. The SMILES string of the molecule is C[C@H]1Cc2cc(C(=O)NCC3CCN(S(C)(=O)=O)CC3)ccc2N1S(C)(=O)=O. The van der Waals surface area contributed by atoms with Gasteiger partial charge in [-0.1, -0.05) is 0 Å². The van der Waals surface area contributed by atoms with Crippen LogP contribution in [0.25, 0.3) is 0 Å². The Labute approximate surface area is 167 Å². The lowest BCUT2D eigenvalue weighted by Gasteiger charge is -2.30. The quantitative estimate of drug-likeness (QED) is 0.746. The van der Waals surface area contributed by atoms with Crippen LogP contribution in [-0.4, -0.2) is 65.2 Å². The molecule has 0 aromatic heterocycles. The van der Waals surface area contributed by atoms with Gasteiger partial charge in [0, 0.05) is 31.2 Å². The summed E-state index contributed by atoms with van der Waals surface area (Å²) in [5.74, 6) is 0.0518. The fraction of sp³-hybridized carbons (Fsp3) is 0.611. The normalized spacial score (nSPS) is 21.5. The van der Waals surface area contributed by atoms with Crippen LogP contribution in [0.4, 0.5) is 5.69 Å². The maximum atomic E-state index is 12.5. The minimum Gasteiger partial charge on any atom is -0.352 e. The Hall–Kier alpha value is -1.65. The van der Waals surface area contributed by atoms with E-state index in [-0.39, 0.29) is 17.9 Å². The number of amides is 1. The number of nitrogens with one attached hydrogen (secondary N) is 1. The number of fused-ring (bicyclic) bond motifs is 1. The van der Waals surface area contributed by atoms with E-state index in [1.54, 1.807) is 18.2 Å². The van der Waals surface area contributed by atoms with Gasteiger partial charge in [-0.3, -0.25) is 9.10 Å². The molecule has 1 aromatic rings. The second-order valence-corrected chi connectivity index (χ2v) is 11.6. The van der Waals surface area contributed by atoms with E-state index in [0.29, 0.717) is 37.3 Å². The standard InChI is InChI=1S/C18H27N3O5S2/c1-13-10-16-11-15(4-5-17(16)21(13)28(3,25)26)18(22)19-12-14-6-8-20(9-7-14)27(2,23)24/h4-5,11,13-14H,6-10,12H2,1-3H3,(H,19,22)/t13-/m0/s1. The Morgan fingerprint density at radius 1 is 1.11 bits per heavy atom. The van der Waals surface area contributed by atoms with Gasteiger partial charge >= 0.3 is 0 Å². The molecule has 1 aromatic carbocycles. The fourth-order valence-corrected chi connectivity index (χ4v) is 6.17. The summed E-state index contributed by atoms with van der Waals surface area (Å²) in [6.45, 7) is 3.32. The predicted octanol–water partition coefficient (Wildman–Crippen LogP) is 0.799. The van der Waals surface area contributed by atoms with Crippen LogP contribution in [0.5, 0.6) is 0 Å². The van der Waals surface area contributed by atoms with Gasteiger partial charge in [-0.05, 0) is 55.9 Å². The van der Waals surface area contributed by atoms with Crippen molar-refractivity contribution in [2.24, 2.45) is 5.92 Å². The summed E-state index contributed by atoms with van der Waals surface area (Å²) in [5, 5.41) is 2.93. The minimum atomic E-state index is -3.35. The molecule has 2 aliphatic rings. The van der Waals surface area contributed by atoms with E-state index < -0.39 is 20.0 Å². The van der Waals surface area contributed by atoms with Gasteiger partial charge in [-0.15, -0.1) is 0 Å². The van der Waals surface area contributed by atoms with Crippen LogP contribution in [-0.2, 0) is 26.5 Å². The zero-order chi connectivity index (χ0) is 20.7. The first-order chi connectivity index (χ1) is 13.0. The maximum Gasteiger partial charge on any atom is 0.251 e. The first-order valence-corrected chi connectivity index (χ1v) is 13.0. The number of hydrogen-bond acceptors (Lipinski definition) is 5. The van der Waals surface area contributed by atoms with Crippen LogP contribution in [0.2, 0.25) is 0 Å². The summed E-state index contributed by atoms with van der Waals surface area (Å²) >= 11 is 0. The molecule has 0 radical (unpaired) electrons. The molecular formula is C18H27N3O5S2. The number of benzene rings is 1.